The van der Waals surface area contributed by atoms with Gasteiger partial charge in [0.25, 0.3) is 0 Å². The lowest BCUT2D eigenvalue weighted by Gasteiger charge is -2.34. The molecule has 1 aliphatic heterocycles. The second-order valence-corrected chi connectivity index (χ2v) is 8.48. The Hall–Kier alpha value is -2.83. The number of likely N-dealkylation sites (tertiary alicyclic amines) is 1. The van der Waals surface area contributed by atoms with E-state index in [4.69, 9.17) is 0 Å². The maximum Gasteiger partial charge on any atom is 0.326 e. The number of carbonyl (C=O) groups excluding carboxylic acids is 3. The van der Waals surface area contributed by atoms with E-state index in [-0.39, 0.29) is 30.0 Å². The van der Waals surface area contributed by atoms with Gasteiger partial charge in [-0.2, -0.15) is 0 Å². The van der Waals surface area contributed by atoms with Gasteiger partial charge < -0.3 is 14.8 Å². The molecule has 0 aromatic heterocycles. The number of aliphatic carboxylic acids is 1. The van der Waals surface area contributed by atoms with Gasteiger partial charge in [0, 0.05) is 6.04 Å². The fourth-order valence-electron chi connectivity index (χ4n) is 4.88. The van der Waals surface area contributed by atoms with Gasteiger partial charge in [0.1, 0.15) is 18.4 Å². The molecule has 0 radical (unpaired) electrons. The number of aliphatic imine (C=N–C) groups is 1. The van der Waals surface area contributed by atoms with Crippen LogP contribution in [0.1, 0.15) is 57.4 Å². The van der Waals surface area contributed by atoms with E-state index in [1.807, 2.05) is 30.3 Å². The number of hydrogen-bond acceptors (Lipinski definition) is 5. The van der Waals surface area contributed by atoms with Crippen LogP contribution in [0.4, 0.5) is 0 Å². The minimum Gasteiger partial charge on any atom is -0.480 e. The van der Waals surface area contributed by atoms with Gasteiger partial charge in [0.2, 0.25) is 5.91 Å². The molecule has 2 aliphatic rings. The van der Waals surface area contributed by atoms with Gasteiger partial charge in [-0.15, -0.1) is 0 Å². The summed E-state index contributed by atoms with van der Waals surface area (Å²) < 4.78 is 0. The van der Waals surface area contributed by atoms with E-state index in [0.717, 1.165) is 31.2 Å². The summed E-state index contributed by atoms with van der Waals surface area (Å²) >= 11 is 0. The molecule has 1 aromatic carbocycles. The molecule has 31 heavy (non-hydrogen) atoms. The Balaban J connectivity index is 1.79. The van der Waals surface area contributed by atoms with Crippen LogP contribution in [0.2, 0.25) is 0 Å². The molecule has 7 nitrogen and oxygen atoms in total. The quantitative estimate of drug-likeness (QED) is 0.371. The first kappa shape index (κ1) is 22.8. The Morgan fingerprint density at radius 2 is 1.90 bits per heavy atom. The number of Topliss-reactive ketones (excluding diaryl/α,β-unsaturated/α-hetero) is 1. The number of carbonyl (C=O) groups is 4. The fourth-order valence-corrected chi connectivity index (χ4v) is 4.88. The molecule has 1 aromatic rings. The summed E-state index contributed by atoms with van der Waals surface area (Å²) in [5.41, 5.74) is 1.24. The Morgan fingerprint density at radius 3 is 2.58 bits per heavy atom. The molecule has 2 fully saturated rings. The van der Waals surface area contributed by atoms with E-state index in [1.54, 1.807) is 6.92 Å². The summed E-state index contributed by atoms with van der Waals surface area (Å²) in [4.78, 5) is 54.4. The fraction of sp³-hybridized carbons (Fsp3) is 0.542. The molecule has 7 heteroatoms. The van der Waals surface area contributed by atoms with Gasteiger partial charge in [-0.3, -0.25) is 14.6 Å². The van der Waals surface area contributed by atoms with E-state index in [9.17, 15) is 24.3 Å². The number of amides is 1. The van der Waals surface area contributed by atoms with E-state index >= 15 is 0 Å². The minimum absolute atomic E-state index is 0.0709. The Labute approximate surface area is 182 Å². The van der Waals surface area contributed by atoms with Crippen LogP contribution in [-0.2, 0) is 25.6 Å². The van der Waals surface area contributed by atoms with Gasteiger partial charge in [-0.25, -0.2) is 4.79 Å². The molecule has 1 saturated heterocycles. The summed E-state index contributed by atoms with van der Waals surface area (Å²) in [6.07, 6.45) is 5.42. The summed E-state index contributed by atoms with van der Waals surface area (Å²) in [5.74, 6) is -1.51. The lowest BCUT2D eigenvalue weighted by atomic mass is 9.84. The molecule has 1 N–H and O–H groups in total. The topological polar surface area (TPSA) is 104 Å². The number of aryl methyl sites for hydroxylation is 1. The van der Waals surface area contributed by atoms with Gasteiger partial charge in [-0.1, -0.05) is 43.2 Å². The highest BCUT2D eigenvalue weighted by molar-refractivity contribution is 6.42. The summed E-state index contributed by atoms with van der Waals surface area (Å²) in [7, 11) is 0. The first-order chi connectivity index (χ1) is 14.9. The van der Waals surface area contributed by atoms with E-state index in [1.165, 1.54) is 4.90 Å². The normalized spacial score (nSPS) is 24.4. The zero-order chi connectivity index (χ0) is 22.4. The van der Waals surface area contributed by atoms with Gasteiger partial charge in [0.05, 0.1) is 12.1 Å². The minimum atomic E-state index is -0.986. The summed E-state index contributed by atoms with van der Waals surface area (Å²) in [6, 6.07) is 7.84. The number of nitrogens with zero attached hydrogens (tertiary/aromatic N) is 2. The van der Waals surface area contributed by atoms with Gasteiger partial charge in [0.15, 0.2) is 5.78 Å². The molecule has 4 atom stereocenters. The second kappa shape index (κ2) is 10.5. The maximum atomic E-state index is 13.3. The number of carboxylic acid groups (broad SMARTS) is 1. The average molecular weight is 427 g/mol. The van der Waals surface area contributed by atoms with Crippen LogP contribution in [0.3, 0.4) is 0 Å². The number of fused-ring (bicyclic) bond motifs is 1. The van der Waals surface area contributed by atoms with Crippen LogP contribution in [0, 0.1) is 5.92 Å². The molecule has 1 amide bonds. The van der Waals surface area contributed by atoms with Crippen LogP contribution in [0.15, 0.2) is 35.3 Å². The zero-order valence-corrected chi connectivity index (χ0v) is 17.9. The van der Waals surface area contributed by atoms with Crippen LogP contribution in [-0.4, -0.2) is 57.8 Å². The van der Waals surface area contributed by atoms with Crippen LogP contribution < -0.4 is 0 Å². The molecule has 1 heterocycles. The monoisotopic (exact) mass is 426 g/mol. The SMILES string of the molecule is C[C@H](N=C(CCc1ccccc1)C(=O)CC=O)C(=O)N1[C@H](C(=O)O)C[C@H]2CCCC[C@@H]21. The average Bonchev–Trinajstić information content (AvgIpc) is 3.16. The third-order valence-corrected chi connectivity index (χ3v) is 6.42. The van der Waals surface area contributed by atoms with Crippen LogP contribution in [0.5, 0.6) is 0 Å². The van der Waals surface area contributed by atoms with E-state index in [0.29, 0.717) is 25.5 Å². The number of hydrogen-bond donors (Lipinski definition) is 1. The Kier molecular flexibility index (Phi) is 7.71. The zero-order valence-electron chi connectivity index (χ0n) is 17.9. The highest BCUT2D eigenvalue weighted by Gasteiger charge is 2.48. The van der Waals surface area contributed by atoms with E-state index < -0.39 is 23.8 Å². The summed E-state index contributed by atoms with van der Waals surface area (Å²) in [5, 5.41) is 9.69. The molecular formula is C24H30N2O5. The molecule has 1 aliphatic carbocycles. The highest BCUT2D eigenvalue weighted by atomic mass is 16.4. The first-order valence-corrected chi connectivity index (χ1v) is 11.0. The van der Waals surface area contributed by atoms with Crippen molar-refractivity contribution in [2.45, 2.75) is 76.4 Å². The smallest absolute Gasteiger partial charge is 0.326 e. The largest absolute Gasteiger partial charge is 0.480 e. The number of ketones is 1. The Morgan fingerprint density at radius 1 is 1.19 bits per heavy atom. The van der Waals surface area contributed by atoms with Crippen molar-refractivity contribution in [2.75, 3.05) is 0 Å². The van der Waals surface area contributed by atoms with Crippen molar-refractivity contribution in [2.24, 2.45) is 10.9 Å². The predicted octanol–water partition coefficient (Wildman–Crippen LogP) is 2.85. The van der Waals surface area contributed by atoms with Crippen LogP contribution in [0.25, 0.3) is 0 Å². The van der Waals surface area contributed by atoms with Crippen LogP contribution >= 0.6 is 0 Å². The molecule has 166 valence electrons. The molecule has 0 spiro atoms. The van der Waals surface area contributed by atoms with Crippen molar-refractivity contribution < 1.29 is 24.3 Å². The molecule has 0 bridgehead atoms. The number of carboxylic acids is 1. The number of aldehydes is 1. The van der Waals surface area contributed by atoms with Gasteiger partial charge >= 0.3 is 5.97 Å². The number of rotatable bonds is 9. The van der Waals surface area contributed by atoms with Crippen molar-refractivity contribution in [3.05, 3.63) is 35.9 Å². The predicted molar refractivity (Wildman–Crippen MR) is 116 cm³/mol. The van der Waals surface area contributed by atoms with Crippen molar-refractivity contribution in [1.29, 1.82) is 0 Å². The maximum absolute atomic E-state index is 13.3. The third-order valence-electron chi connectivity index (χ3n) is 6.42. The standard InChI is InChI=1S/C24H30N2O5/c1-16(23(29)26-20-10-6-5-9-18(20)15-21(26)24(30)31)25-19(22(28)13-14-27)12-11-17-7-3-2-4-8-17/h2-4,7-8,14,16,18,20-21H,5-6,9-13,15H2,1H3,(H,30,31)/t16-,18+,20-,21-/m0/s1. The first-order valence-electron chi connectivity index (χ1n) is 11.0. The molecule has 0 unspecified atom stereocenters. The molecular weight excluding hydrogens is 396 g/mol. The lowest BCUT2D eigenvalue weighted by molar-refractivity contribution is -0.150. The van der Waals surface area contributed by atoms with Crippen molar-refractivity contribution in [3.63, 3.8) is 0 Å². The van der Waals surface area contributed by atoms with Gasteiger partial charge in [-0.05, 0) is 50.5 Å². The lowest BCUT2D eigenvalue weighted by Crippen LogP contribution is -2.49. The molecule has 1 saturated carbocycles. The Bertz CT molecular complexity index is 851. The highest BCUT2D eigenvalue weighted by Crippen LogP contribution is 2.40. The summed E-state index contributed by atoms with van der Waals surface area (Å²) in [6.45, 7) is 1.61. The van der Waals surface area contributed by atoms with E-state index in [2.05, 4.69) is 4.99 Å². The van der Waals surface area contributed by atoms with Crippen molar-refractivity contribution in [3.8, 4) is 0 Å². The number of benzene rings is 1. The molecule has 3 rings (SSSR count). The second-order valence-electron chi connectivity index (χ2n) is 8.48. The third kappa shape index (κ3) is 5.46. The van der Waals surface area contributed by atoms with Crippen molar-refractivity contribution in [1.82, 2.24) is 4.90 Å². The van der Waals surface area contributed by atoms with Crippen molar-refractivity contribution >= 4 is 29.7 Å².